The molecule has 2 aliphatic heterocycles. The average molecular weight is 317 g/mol. The molecule has 2 heterocycles. The van der Waals surface area contributed by atoms with Crippen LogP contribution in [0.5, 0.6) is 0 Å². The number of carbonyl (C=O) groups excluding carboxylic acids is 3. The molecular weight excluding hydrogens is 298 g/mol. The summed E-state index contributed by atoms with van der Waals surface area (Å²) in [4.78, 5) is 34.2. The Bertz CT molecular complexity index is 472. The Morgan fingerprint density at radius 2 is 2.05 bits per heavy atom. The van der Waals surface area contributed by atoms with E-state index < -0.39 is 60.8 Å². The van der Waals surface area contributed by atoms with Crippen LogP contribution in [0.2, 0.25) is 0 Å². The van der Waals surface area contributed by atoms with E-state index in [-0.39, 0.29) is 6.54 Å². The minimum Gasteiger partial charge on any atom is -0.394 e. The summed E-state index contributed by atoms with van der Waals surface area (Å²) in [6, 6.07) is -1.75. The van der Waals surface area contributed by atoms with Crippen molar-refractivity contribution in [3.05, 3.63) is 0 Å². The molecule has 0 unspecified atom stereocenters. The van der Waals surface area contributed by atoms with E-state index in [0.29, 0.717) is 0 Å². The van der Waals surface area contributed by atoms with Gasteiger partial charge in [0.15, 0.2) is 0 Å². The summed E-state index contributed by atoms with van der Waals surface area (Å²) in [6.07, 6.45) is -4.89. The third-order valence-corrected chi connectivity index (χ3v) is 3.79. The molecule has 124 valence electrons. The van der Waals surface area contributed by atoms with Crippen molar-refractivity contribution in [2.75, 3.05) is 13.2 Å². The lowest BCUT2D eigenvalue weighted by molar-refractivity contribution is -0.209. The molecule has 0 bridgehead atoms. The van der Waals surface area contributed by atoms with Gasteiger partial charge in [0.05, 0.1) is 24.7 Å². The second-order valence-corrected chi connectivity index (χ2v) is 5.33. The molecule has 2 rings (SSSR count). The van der Waals surface area contributed by atoms with E-state index in [0.717, 1.165) is 0 Å². The Morgan fingerprint density at radius 3 is 2.59 bits per heavy atom. The number of amides is 4. The molecule has 0 spiro atoms. The molecule has 0 aliphatic carbocycles. The molecule has 6 N–H and O–H groups in total. The molecule has 4 amide bonds. The van der Waals surface area contributed by atoms with Gasteiger partial charge in [0, 0.05) is 13.5 Å². The van der Waals surface area contributed by atoms with E-state index in [9.17, 15) is 29.7 Å². The van der Waals surface area contributed by atoms with Gasteiger partial charge >= 0.3 is 6.03 Å². The molecule has 0 aromatic rings. The first kappa shape index (κ1) is 16.6. The SMILES string of the molecule is CC(=O)N[C@@H]1[C@H](O)[C@H]([C@H]2CNC(=O)NC2=O)O[C@H](CO)[C@H]1O. The van der Waals surface area contributed by atoms with Gasteiger partial charge in [-0.3, -0.25) is 14.9 Å². The number of aliphatic hydroxyl groups excluding tert-OH is 3. The summed E-state index contributed by atoms with van der Waals surface area (Å²) in [5.41, 5.74) is 0. The lowest BCUT2D eigenvalue weighted by Gasteiger charge is -2.45. The predicted molar refractivity (Wildman–Crippen MR) is 70.4 cm³/mol. The number of hydrogen-bond acceptors (Lipinski definition) is 7. The minimum absolute atomic E-state index is 0.0621. The van der Waals surface area contributed by atoms with E-state index >= 15 is 0 Å². The topological polar surface area (TPSA) is 157 Å². The van der Waals surface area contributed by atoms with Gasteiger partial charge in [-0.15, -0.1) is 0 Å². The summed E-state index contributed by atoms with van der Waals surface area (Å²) in [6.45, 7) is 0.597. The first-order chi connectivity index (χ1) is 10.3. The van der Waals surface area contributed by atoms with E-state index in [1.54, 1.807) is 0 Å². The van der Waals surface area contributed by atoms with Crippen molar-refractivity contribution in [3.8, 4) is 0 Å². The van der Waals surface area contributed by atoms with Gasteiger partial charge in [0.25, 0.3) is 0 Å². The smallest absolute Gasteiger partial charge is 0.321 e. The highest BCUT2D eigenvalue weighted by atomic mass is 16.5. The number of nitrogens with one attached hydrogen (secondary N) is 3. The fourth-order valence-electron chi connectivity index (χ4n) is 2.70. The number of aliphatic hydroxyl groups is 3. The zero-order valence-electron chi connectivity index (χ0n) is 11.9. The molecule has 0 radical (unpaired) electrons. The van der Waals surface area contributed by atoms with E-state index in [1.807, 2.05) is 0 Å². The van der Waals surface area contributed by atoms with Crippen LogP contribution in [-0.4, -0.2) is 76.8 Å². The standard InChI is InChI=1S/C12H19N3O7/c1-4(17)14-7-8(18)6(3-16)22-10(9(7)19)5-2-13-12(21)15-11(5)20/h5-10,16,18-19H,2-3H2,1H3,(H,14,17)(H2,13,15,20,21)/t5-,6-,7+,8-,9+,10+/m1/s1. The van der Waals surface area contributed by atoms with E-state index in [1.165, 1.54) is 6.92 Å². The van der Waals surface area contributed by atoms with Crippen LogP contribution in [0.25, 0.3) is 0 Å². The van der Waals surface area contributed by atoms with Crippen LogP contribution in [0.1, 0.15) is 6.92 Å². The summed E-state index contributed by atoms with van der Waals surface area (Å²) >= 11 is 0. The Hall–Kier alpha value is -1.75. The first-order valence-corrected chi connectivity index (χ1v) is 6.83. The lowest BCUT2D eigenvalue weighted by atomic mass is 9.85. The average Bonchev–Trinajstić information content (AvgIpc) is 2.44. The van der Waals surface area contributed by atoms with E-state index in [2.05, 4.69) is 16.0 Å². The van der Waals surface area contributed by atoms with Crippen LogP contribution in [0.3, 0.4) is 0 Å². The van der Waals surface area contributed by atoms with Crippen molar-refractivity contribution in [2.45, 2.75) is 37.4 Å². The fourth-order valence-corrected chi connectivity index (χ4v) is 2.70. The number of carbonyl (C=O) groups is 3. The van der Waals surface area contributed by atoms with Crippen LogP contribution in [0, 0.1) is 5.92 Å². The summed E-state index contributed by atoms with van der Waals surface area (Å²) < 4.78 is 5.40. The summed E-state index contributed by atoms with van der Waals surface area (Å²) in [5.74, 6) is -2.03. The second kappa shape index (κ2) is 6.57. The highest BCUT2D eigenvalue weighted by Gasteiger charge is 2.49. The normalized spacial score (nSPS) is 38.9. The van der Waals surface area contributed by atoms with Crippen LogP contribution in [0.15, 0.2) is 0 Å². The van der Waals surface area contributed by atoms with Crippen LogP contribution >= 0.6 is 0 Å². The molecule has 22 heavy (non-hydrogen) atoms. The van der Waals surface area contributed by atoms with Gasteiger partial charge in [-0.05, 0) is 0 Å². The number of ether oxygens (including phenoxy) is 1. The molecule has 2 aliphatic rings. The van der Waals surface area contributed by atoms with Crippen LogP contribution in [0.4, 0.5) is 4.79 Å². The quantitative estimate of drug-likeness (QED) is 0.314. The largest absolute Gasteiger partial charge is 0.394 e. The third kappa shape index (κ3) is 3.19. The van der Waals surface area contributed by atoms with Crippen molar-refractivity contribution in [1.29, 1.82) is 0 Å². The van der Waals surface area contributed by atoms with Crippen molar-refractivity contribution in [2.24, 2.45) is 5.92 Å². The van der Waals surface area contributed by atoms with Gasteiger partial charge in [-0.25, -0.2) is 4.79 Å². The Balaban J connectivity index is 2.20. The highest BCUT2D eigenvalue weighted by molar-refractivity contribution is 5.98. The minimum atomic E-state index is -1.38. The predicted octanol–water partition coefficient (Wildman–Crippen LogP) is -3.57. The molecule has 10 heteroatoms. The monoisotopic (exact) mass is 317 g/mol. The van der Waals surface area contributed by atoms with Gasteiger partial charge in [0.1, 0.15) is 18.3 Å². The number of rotatable bonds is 3. The maximum absolute atomic E-state index is 11.9. The third-order valence-electron chi connectivity index (χ3n) is 3.79. The molecular formula is C12H19N3O7. The Labute approximate surface area is 125 Å². The van der Waals surface area contributed by atoms with Crippen molar-refractivity contribution in [3.63, 3.8) is 0 Å². The molecule has 0 aromatic carbocycles. The fraction of sp³-hybridized carbons (Fsp3) is 0.750. The summed E-state index contributed by atoms with van der Waals surface area (Å²) in [5, 5.41) is 36.5. The Kier molecular flexibility index (Phi) is 4.96. The van der Waals surface area contributed by atoms with Crippen LogP contribution in [-0.2, 0) is 14.3 Å². The zero-order chi connectivity index (χ0) is 16.4. The number of hydrogen-bond donors (Lipinski definition) is 6. The second-order valence-electron chi connectivity index (χ2n) is 5.33. The first-order valence-electron chi connectivity index (χ1n) is 6.83. The number of imide groups is 1. The highest BCUT2D eigenvalue weighted by Crippen LogP contribution is 2.27. The molecule has 10 nitrogen and oxygen atoms in total. The molecule has 2 saturated heterocycles. The number of urea groups is 1. The van der Waals surface area contributed by atoms with Gasteiger partial charge in [-0.2, -0.15) is 0 Å². The van der Waals surface area contributed by atoms with Crippen molar-refractivity contribution < 1.29 is 34.4 Å². The molecule has 2 fully saturated rings. The molecule has 6 atom stereocenters. The summed E-state index contributed by atoms with van der Waals surface area (Å²) in [7, 11) is 0. The van der Waals surface area contributed by atoms with Crippen molar-refractivity contribution >= 4 is 17.8 Å². The Morgan fingerprint density at radius 1 is 1.36 bits per heavy atom. The maximum atomic E-state index is 11.9. The van der Waals surface area contributed by atoms with E-state index in [4.69, 9.17) is 4.74 Å². The van der Waals surface area contributed by atoms with Crippen LogP contribution < -0.4 is 16.0 Å². The van der Waals surface area contributed by atoms with Crippen molar-refractivity contribution in [1.82, 2.24) is 16.0 Å². The molecule has 0 saturated carbocycles. The molecule has 0 aromatic heterocycles. The van der Waals surface area contributed by atoms with Gasteiger partial charge < -0.3 is 30.7 Å². The zero-order valence-corrected chi connectivity index (χ0v) is 11.9. The maximum Gasteiger partial charge on any atom is 0.321 e. The van der Waals surface area contributed by atoms with Gasteiger partial charge in [0.2, 0.25) is 11.8 Å². The lowest BCUT2D eigenvalue weighted by Crippen LogP contribution is -2.68. The van der Waals surface area contributed by atoms with Gasteiger partial charge in [-0.1, -0.05) is 0 Å².